The molecular formula is C20H31FN4O. The van der Waals surface area contributed by atoms with E-state index in [-0.39, 0.29) is 17.1 Å². The minimum Gasteiger partial charge on any atom is -0.367 e. The van der Waals surface area contributed by atoms with Crippen molar-refractivity contribution in [1.82, 2.24) is 15.5 Å². The highest BCUT2D eigenvalue weighted by Crippen LogP contribution is 2.27. The van der Waals surface area contributed by atoms with Gasteiger partial charge in [0.25, 0.3) is 5.91 Å². The maximum atomic E-state index is 14.6. The first-order valence-electron chi connectivity index (χ1n) is 9.76. The van der Waals surface area contributed by atoms with E-state index in [1.165, 1.54) is 6.07 Å². The number of hydrogen-bond donors (Lipinski definition) is 2. The fraction of sp³-hybridized carbons (Fsp3) is 0.650. The van der Waals surface area contributed by atoms with E-state index in [4.69, 9.17) is 0 Å². The van der Waals surface area contributed by atoms with Crippen molar-refractivity contribution in [3.05, 3.63) is 29.6 Å². The Morgan fingerprint density at radius 3 is 2.54 bits per heavy atom. The molecule has 0 bridgehead atoms. The summed E-state index contributed by atoms with van der Waals surface area (Å²) in [6.07, 6.45) is 2.09. The number of anilines is 1. The summed E-state index contributed by atoms with van der Waals surface area (Å²) in [7, 11) is 0. The SMILES string of the molecule is CCN1CCN(c2ccc(C(=O)NCC3(C)CCNCC3)cc2F)CC1. The van der Waals surface area contributed by atoms with E-state index in [1.807, 2.05) is 0 Å². The molecule has 0 unspecified atom stereocenters. The highest BCUT2D eigenvalue weighted by atomic mass is 19.1. The number of hydrogen-bond acceptors (Lipinski definition) is 4. The maximum absolute atomic E-state index is 14.6. The van der Waals surface area contributed by atoms with Crippen molar-refractivity contribution >= 4 is 11.6 Å². The quantitative estimate of drug-likeness (QED) is 0.842. The van der Waals surface area contributed by atoms with Crippen LogP contribution in [0.25, 0.3) is 0 Å². The molecule has 0 aliphatic carbocycles. The van der Waals surface area contributed by atoms with Crippen LogP contribution in [0.1, 0.15) is 37.0 Å². The van der Waals surface area contributed by atoms with Gasteiger partial charge in [-0.15, -0.1) is 0 Å². The second-order valence-corrected chi connectivity index (χ2v) is 7.83. The molecule has 0 spiro atoms. The molecule has 2 aliphatic heterocycles. The minimum atomic E-state index is -0.310. The van der Waals surface area contributed by atoms with E-state index in [0.717, 1.165) is 58.7 Å². The number of benzene rings is 1. The second kappa shape index (κ2) is 8.35. The van der Waals surface area contributed by atoms with Crippen molar-refractivity contribution in [1.29, 1.82) is 0 Å². The summed E-state index contributed by atoms with van der Waals surface area (Å²) in [6.45, 7) is 11.5. The van der Waals surface area contributed by atoms with Crippen LogP contribution in [0, 0.1) is 11.2 Å². The molecule has 1 aromatic carbocycles. The summed E-state index contributed by atoms with van der Waals surface area (Å²) in [5.74, 6) is -0.498. The van der Waals surface area contributed by atoms with Gasteiger partial charge in [-0.1, -0.05) is 13.8 Å². The number of amides is 1. The van der Waals surface area contributed by atoms with Gasteiger partial charge in [0.1, 0.15) is 5.82 Å². The first kappa shape index (κ1) is 19.1. The zero-order valence-corrected chi connectivity index (χ0v) is 16.0. The largest absolute Gasteiger partial charge is 0.367 e. The molecule has 2 aliphatic rings. The van der Waals surface area contributed by atoms with Gasteiger partial charge >= 0.3 is 0 Å². The standard InChI is InChI=1S/C20H31FN4O/c1-3-24-10-12-25(13-11-24)18-5-4-16(14-17(18)21)19(26)23-15-20(2)6-8-22-9-7-20/h4-5,14,22H,3,6-13,15H2,1-2H3,(H,23,26). The lowest BCUT2D eigenvalue weighted by Crippen LogP contribution is -2.46. The molecule has 2 saturated heterocycles. The molecular weight excluding hydrogens is 331 g/mol. The van der Waals surface area contributed by atoms with E-state index < -0.39 is 0 Å². The predicted octanol–water partition coefficient (Wildman–Crippen LogP) is 2.09. The third-order valence-electron chi connectivity index (χ3n) is 5.86. The molecule has 2 fully saturated rings. The molecule has 1 amide bonds. The first-order valence-corrected chi connectivity index (χ1v) is 9.76. The number of rotatable bonds is 5. The van der Waals surface area contributed by atoms with Crippen LogP contribution in [-0.2, 0) is 0 Å². The van der Waals surface area contributed by atoms with Crippen LogP contribution in [0.2, 0.25) is 0 Å². The van der Waals surface area contributed by atoms with Gasteiger partial charge < -0.3 is 20.4 Å². The Balaban J connectivity index is 1.59. The topological polar surface area (TPSA) is 47.6 Å². The van der Waals surface area contributed by atoms with Gasteiger partial charge in [0, 0.05) is 38.3 Å². The van der Waals surface area contributed by atoms with Crippen molar-refractivity contribution in [2.45, 2.75) is 26.7 Å². The predicted molar refractivity (Wildman–Crippen MR) is 103 cm³/mol. The number of carbonyl (C=O) groups excluding carboxylic acids is 1. The van der Waals surface area contributed by atoms with Crippen molar-refractivity contribution in [3.8, 4) is 0 Å². The van der Waals surface area contributed by atoms with Crippen molar-refractivity contribution < 1.29 is 9.18 Å². The molecule has 0 aromatic heterocycles. The van der Waals surface area contributed by atoms with Crippen LogP contribution in [0.15, 0.2) is 18.2 Å². The highest BCUT2D eigenvalue weighted by molar-refractivity contribution is 5.94. The van der Waals surface area contributed by atoms with Crippen LogP contribution < -0.4 is 15.5 Å². The fourth-order valence-electron chi connectivity index (χ4n) is 3.81. The normalized spacial score (nSPS) is 20.8. The van der Waals surface area contributed by atoms with Gasteiger partial charge in [-0.2, -0.15) is 0 Å². The molecule has 144 valence electrons. The number of likely N-dealkylation sites (N-methyl/N-ethyl adjacent to an activating group) is 1. The smallest absolute Gasteiger partial charge is 0.251 e. The molecule has 3 rings (SSSR count). The number of nitrogens with zero attached hydrogens (tertiary/aromatic N) is 2. The summed E-state index contributed by atoms with van der Waals surface area (Å²) in [6, 6.07) is 4.87. The molecule has 0 saturated carbocycles. The summed E-state index contributed by atoms with van der Waals surface area (Å²) in [5.41, 5.74) is 1.12. The number of nitrogens with one attached hydrogen (secondary N) is 2. The number of piperazine rings is 1. The van der Waals surface area contributed by atoms with Crippen molar-refractivity contribution in [2.75, 3.05) is 57.3 Å². The Morgan fingerprint density at radius 1 is 1.23 bits per heavy atom. The van der Waals surface area contributed by atoms with Crippen molar-refractivity contribution in [2.24, 2.45) is 5.41 Å². The molecule has 5 nitrogen and oxygen atoms in total. The number of piperidine rings is 1. The monoisotopic (exact) mass is 362 g/mol. The summed E-state index contributed by atoms with van der Waals surface area (Å²) in [4.78, 5) is 16.9. The first-order chi connectivity index (χ1) is 12.5. The van der Waals surface area contributed by atoms with Crippen LogP contribution in [0.5, 0.6) is 0 Å². The summed E-state index contributed by atoms with van der Waals surface area (Å²) in [5, 5.41) is 6.34. The van der Waals surface area contributed by atoms with Gasteiger partial charge in [0.05, 0.1) is 5.69 Å². The van der Waals surface area contributed by atoms with Crippen LogP contribution in [-0.4, -0.2) is 63.2 Å². The lowest BCUT2D eigenvalue weighted by molar-refractivity contribution is 0.0922. The molecule has 1 aromatic rings. The van der Waals surface area contributed by atoms with Crippen LogP contribution >= 0.6 is 0 Å². The Hall–Kier alpha value is -1.66. The van der Waals surface area contributed by atoms with E-state index in [9.17, 15) is 9.18 Å². The summed E-state index contributed by atoms with van der Waals surface area (Å²) < 4.78 is 14.6. The van der Waals surface area contributed by atoms with Crippen molar-refractivity contribution in [3.63, 3.8) is 0 Å². The van der Waals surface area contributed by atoms with E-state index >= 15 is 0 Å². The van der Waals surface area contributed by atoms with Gasteiger partial charge in [0.15, 0.2) is 0 Å². The minimum absolute atomic E-state index is 0.123. The second-order valence-electron chi connectivity index (χ2n) is 7.83. The van der Waals surface area contributed by atoms with Crippen LogP contribution in [0.3, 0.4) is 0 Å². The highest BCUT2D eigenvalue weighted by Gasteiger charge is 2.27. The maximum Gasteiger partial charge on any atom is 0.251 e. The van der Waals surface area contributed by atoms with E-state index in [1.54, 1.807) is 12.1 Å². The Kier molecular flexibility index (Phi) is 6.14. The third kappa shape index (κ3) is 4.54. The third-order valence-corrected chi connectivity index (χ3v) is 5.86. The Labute approximate surface area is 155 Å². The zero-order chi connectivity index (χ0) is 18.6. The van der Waals surface area contributed by atoms with Gasteiger partial charge in [-0.25, -0.2) is 4.39 Å². The van der Waals surface area contributed by atoms with Gasteiger partial charge in [-0.05, 0) is 56.1 Å². The Morgan fingerprint density at radius 2 is 1.92 bits per heavy atom. The average molecular weight is 362 g/mol. The molecule has 0 radical (unpaired) electrons. The lowest BCUT2D eigenvalue weighted by atomic mass is 9.81. The van der Waals surface area contributed by atoms with Gasteiger partial charge in [-0.3, -0.25) is 4.79 Å². The van der Waals surface area contributed by atoms with E-state index in [2.05, 4.69) is 34.3 Å². The number of halogens is 1. The zero-order valence-electron chi connectivity index (χ0n) is 16.0. The Bertz CT molecular complexity index is 622. The molecule has 2 N–H and O–H groups in total. The molecule has 0 atom stereocenters. The molecule has 2 heterocycles. The fourth-order valence-corrected chi connectivity index (χ4v) is 3.81. The lowest BCUT2D eigenvalue weighted by Gasteiger charge is -2.35. The number of carbonyl (C=O) groups is 1. The average Bonchev–Trinajstić information content (AvgIpc) is 2.67. The molecule has 26 heavy (non-hydrogen) atoms. The van der Waals surface area contributed by atoms with Crippen LogP contribution in [0.4, 0.5) is 10.1 Å². The summed E-state index contributed by atoms with van der Waals surface area (Å²) >= 11 is 0. The van der Waals surface area contributed by atoms with Gasteiger partial charge in [0.2, 0.25) is 0 Å². The van der Waals surface area contributed by atoms with E-state index in [0.29, 0.717) is 17.8 Å². The molecule has 6 heteroatoms.